The first kappa shape index (κ1) is 6.28. The molecule has 0 radical (unpaired) electrons. The van der Waals surface area contributed by atoms with E-state index in [0.717, 1.165) is 0 Å². The Kier molecular flexibility index (Phi) is 1.84. The highest BCUT2D eigenvalue weighted by Gasteiger charge is 2.08. The summed E-state index contributed by atoms with van der Waals surface area (Å²) in [5.74, 6) is 0. The van der Waals surface area contributed by atoms with Gasteiger partial charge in [-0.25, -0.2) is 4.99 Å². The number of aliphatic imine (C=N–C) groups is 1. The first-order valence-electron chi connectivity index (χ1n) is 2.37. The highest BCUT2D eigenvalue weighted by atomic mass is 79.9. The van der Waals surface area contributed by atoms with Crippen LogP contribution in [0.15, 0.2) is 23.0 Å². The van der Waals surface area contributed by atoms with Crippen molar-refractivity contribution in [2.24, 2.45) is 4.99 Å². The van der Waals surface area contributed by atoms with Crippen LogP contribution in [0.3, 0.4) is 0 Å². The van der Waals surface area contributed by atoms with Crippen LogP contribution in [0.25, 0.3) is 0 Å². The van der Waals surface area contributed by atoms with Crippen molar-refractivity contribution in [3.63, 3.8) is 0 Å². The minimum absolute atomic E-state index is 0.0486. The predicted molar refractivity (Wildman–Crippen MR) is 38.4 cm³/mol. The Morgan fingerprint density at radius 1 is 1.89 bits per heavy atom. The van der Waals surface area contributed by atoms with Crippen molar-refractivity contribution < 1.29 is 0 Å². The molecule has 2 nitrogen and oxygen atoms in total. The summed E-state index contributed by atoms with van der Waals surface area (Å²) in [6.07, 6.45) is 3.22. The summed E-state index contributed by atoms with van der Waals surface area (Å²) < 4.78 is 0. The molecule has 0 aromatic carbocycles. The molecule has 1 atom stereocenters. The monoisotopic (exact) mass is 182 g/mol. The molecule has 0 bridgehead atoms. The maximum atomic E-state index is 8.38. The average molecular weight is 183 g/mol. The number of halogens is 1. The van der Waals surface area contributed by atoms with E-state index in [0.29, 0.717) is 5.71 Å². The molecule has 1 unspecified atom stereocenters. The number of alkyl halides is 1. The maximum Gasteiger partial charge on any atom is 0.136 e. The summed E-state index contributed by atoms with van der Waals surface area (Å²) in [5, 5.41) is 8.38. The number of nitriles is 1. The van der Waals surface area contributed by atoms with Crippen LogP contribution in [0.1, 0.15) is 0 Å². The maximum absolute atomic E-state index is 8.38. The fourth-order valence-corrected chi connectivity index (χ4v) is 0.848. The Bertz CT molecular complexity index is 240. The summed E-state index contributed by atoms with van der Waals surface area (Å²) in [6.45, 7) is 0. The second-order valence-corrected chi connectivity index (χ2v) is 2.48. The first-order valence-corrected chi connectivity index (χ1v) is 3.29. The van der Waals surface area contributed by atoms with Crippen LogP contribution in [-0.4, -0.2) is 10.5 Å². The second kappa shape index (κ2) is 2.63. The standard InChI is InChI=1S/C6H3BrN2/c7-5-2-1-3-9-6(5)4-8/h2-3,5H. The van der Waals surface area contributed by atoms with E-state index in [1.54, 1.807) is 6.08 Å². The van der Waals surface area contributed by atoms with Crippen molar-refractivity contribution >= 4 is 21.6 Å². The van der Waals surface area contributed by atoms with Gasteiger partial charge in [-0.3, -0.25) is 0 Å². The molecule has 0 aromatic rings. The minimum atomic E-state index is -0.0486. The van der Waals surface area contributed by atoms with Gasteiger partial charge in [-0.2, -0.15) is 5.26 Å². The second-order valence-electron chi connectivity index (χ2n) is 1.49. The van der Waals surface area contributed by atoms with E-state index < -0.39 is 0 Å². The van der Waals surface area contributed by atoms with Crippen molar-refractivity contribution in [1.82, 2.24) is 0 Å². The lowest BCUT2D eigenvalue weighted by Crippen LogP contribution is -2.09. The molecule has 1 aliphatic rings. The molecule has 9 heavy (non-hydrogen) atoms. The number of hydrogen-bond donors (Lipinski definition) is 0. The van der Waals surface area contributed by atoms with E-state index in [-0.39, 0.29) is 4.83 Å². The molecule has 1 aliphatic heterocycles. The first-order chi connectivity index (χ1) is 4.34. The van der Waals surface area contributed by atoms with Gasteiger partial charge in [0.2, 0.25) is 0 Å². The summed E-state index contributed by atoms with van der Waals surface area (Å²) in [6, 6.07) is 1.95. The molecule has 0 saturated carbocycles. The lowest BCUT2D eigenvalue weighted by atomic mass is 10.2. The Morgan fingerprint density at radius 2 is 2.67 bits per heavy atom. The quantitative estimate of drug-likeness (QED) is 0.413. The lowest BCUT2D eigenvalue weighted by molar-refractivity contribution is 1.40. The fourth-order valence-electron chi connectivity index (χ4n) is 0.475. The zero-order valence-electron chi connectivity index (χ0n) is 4.50. The van der Waals surface area contributed by atoms with Crippen LogP contribution in [0.2, 0.25) is 0 Å². The molecule has 1 rings (SSSR count). The van der Waals surface area contributed by atoms with Crippen molar-refractivity contribution in [1.29, 1.82) is 5.26 Å². The van der Waals surface area contributed by atoms with E-state index in [4.69, 9.17) is 5.26 Å². The Hall–Kier alpha value is -0.840. The van der Waals surface area contributed by atoms with Crippen LogP contribution in [-0.2, 0) is 0 Å². The third-order valence-corrected chi connectivity index (χ3v) is 1.59. The van der Waals surface area contributed by atoms with Gasteiger partial charge in [0.25, 0.3) is 0 Å². The lowest BCUT2D eigenvalue weighted by Gasteiger charge is -1.98. The zero-order valence-corrected chi connectivity index (χ0v) is 6.09. The van der Waals surface area contributed by atoms with Crippen LogP contribution < -0.4 is 0 Å². The van der Waals surface area contributed by atoms with E-state index in [1.807, 2.05) is 6.07 Å². The van der Waals surface area contributed by atoms with Gasteiger partial charge < -0.3 is 0 Å². The largest absolute Gasteiger partial charge is 0.240 e. The van der Waals surface area contributed by atoms with E-state index in [2.05, 4.69) is 26.7 Å². The molecule has 0 saturated heterocycles. The van der Waals surface area contributed by atoms with Crippen LogP contribution in [0.5, 0.6) is 0 Å². The van der Waals surface area contributed by atoms with E-state index >= 15 is 0 Å². The molecule has 0 fully saturated rings. The van der Waals surface area contributed by atoms with E-state index in [1.165, 1.54) is 6.20 Å². The third-order valence-electron chi connectivity index (χ3n) is 0.896. The molecule has 0 spiro atoms. The smallest absolute Gasteiger partial charge is 0.136 e. The predicted octanol–water partition coefficient (Wildman–Crippen LogP) is 1.40. The van der Waals surface area contributed by atoms with Crippen molar-refractivity contribution in [2.75, 3.05) is 0 Å². The van der Waals surface area contributed by atoms with E-state index in [9.17, 15) is 0 Å². The zero-order chi connectivity index (χ0) is 6.69. The summed E-state index contributed by atoms with van der Waals surface area (Å²) >= 11 is 3.22. The van der Waals surface area contributed by atoms with Crippen LogP contribution in [0, 0.1) is 11.3 Å². The summed E-state index contributed by atoms with van der Waals surface area (Å²) in [7, 11) is 0. The fraction of sp³-hybridized carbons (Fsp3) is 0.167. The number of allylic oxidation sites excluding steroid dienone is 1. The van der Waals surface area contributed by atoms with Crippen LogP contribution in [0.4, 0.5) is 0 Å². The van der Waals surface area contributed by atoms with Gasteiger partial charge >= 0.3 is 0 Å². The Morgan fingerprint density at radius 3 is 3.11 bits per heavy atom. The van der Waals surface area contributed by atoms with Crippen LogP contribution >= 0.6 is 15.9 Å². The molecule has 0 aromatic heterocycles. The normalized spacial score (nSPS) is 23.1. The molecular formula is C6H3BrN2. The molecular weight excluding hydrogens is 180 g/mol. The Labute approximate surface area is 61.3 Å². The van der Waals surface area contributed by atoms with Gasteiger partial charge in [0.15, 0.2) is 0 Å². The molecule has 44 valence electrons. The molecule has 1 heterocycles. The molecule has 3 heteroatoms. The third kappa shape index (κ3) is 1.29. The molecule has 0 N–H and O–H groups in total. The molecule has 0 aliphatic carbocycles. The van der Waals surface area contributed by atoms with Crippen molar-refractivity contribution in [3.8, 4) is 6.07 Å². The van der Waals surface area contributed by atoms with Crippen molar-refractivity contribution in [3.05, 3.63) is 18.0 Å². The van der Waals surface area contributed by atoms with Crippen molar-refractivity contribution in [2.45, 2.75) is 4.83 Å². The summed E-state index contributed by atoms with van der Waals surface area (Å²) in [5.41, 5.74) is 3.24. The van der Waals surface area contributed by atoms with Gasteiger partial charge in [-0.1, -0.05) is 15.9 Å². The highest BCUT2D eigenvalue weighted by molar-refractivity contribution is 9.10. The number of rotatable bonds is 0. The van der Waals surface area contributed by atoms with Gasteiger partial charge in [-0.15, -0.1) is 5.73 Å². The SMILES string of the molecule is N#CC1=NC=C=CC1Br. The number of hydrogen-bond acceptors (Lipinski definition) is 2. The Balaban J connectivity index is 2.92. The molecule has 0 amide bonds. The number of nitrogens with zero attached hydrogens (tertiary/aromatic N) is 2. The average Bonchev–Trinajstić information content (AvgIpc) is 1.89. The van der Waals surface area contributed by atoms with Gasteiger partial charge in [0.05, 0.1) is 11.0 Å². The minimum Gasteiger partial charge on any atom is -0.240 e. The topological polar surface area (TPSA) is 36.1 Å². The van der Waals surface area contributed by atoms with Gasteiger partial charge in [0.1, 0.15) is 11.8 Å². The summed E-state index contributed by atoms with van der Waals surface area (Å²) in [4.78, 5) is 3.72. The van der Waals surface area contributed by atoms with Gasteiger partial charge in [0, 0.05) is 0 Å². The highest BCUT2D eigenvalue weighted by Crippen LogP contribution is 2.06. The van der Waals surface area contributed by atoms with Gasteiger partial charge in [-0.05, 0) is 6.08 Å².